The van der Waals surface area contributed by atoms with Gasteiger partial charge in [0.05, 0.1) is 6.10 Å². The molecule has 0 amide bonds. The molecule has 0 aromatic carbocycles. The molecule has 1 saturated heterocycles. The lowest BCUT2D eigenvalue weighted by molar-refractivity contribution is 0.106. The molecule has 1 aliphatic heterocycles. The zero-order chi connectivity index (χ0) is 9.97. The van der Waals surface area contributed by atoms with Crippen LogP contribution in [0.3, 0.4) is 0 Å². The first-order valence-corrected chi connectivity index (χ1v) is 6.15. The third-order valence-electron chi connectivity index (χ3n) is 3.92. The van der Waals surface area contributed by atoms with Crippen LogP contribution in [0.1, 0.15) is 46.0 Å². The number of nitrogens with one attached hydrogen (secondary N) is 1. The van der Waals surface area contributed by atoms with Gasteiger partial charge in [-0.3, -0.25) is 0 Å². The summed E-state index contributed by atoms with van der Waals surface area (Å²) in [6.45, 7) is 5.52. The number of hydrogen-bond donors (Lipinski definition) is 1. The minimum atomic E-state index is 0.420. The molecule has 0 spiro atoms. The van der Waals surface area contributed by atoms with Gasteiger partial charge in [0.2, 0.25) is 0 Å². The minimum absolute atomic E-state index is 0.420. The van der Waals surface area contributed by atoms with Gasteiger partial charge in [-0.2, -0.15) is 0 Å². The van der Waals surface area contributed by atoms with Crippen molar-refractivity contribution in [3.63, 3.8) is 0 Å². The SMILES string of the molecule is CC1CCCCC1NC1CCOC1C. The van der Waals surface area contributed by atoms with Crippen LogP contribution in [0.5, 0.6) is 0 Å². The second kappa shape index (κ2) is 4.63. The highest BCUT2D eigenvalue weighted by molar-refractivity contribution is 4.86. The Morgan fingerprint density at radius 1 is 1.00 bits per heavy atom. The first-order valence-electron chi connectivity index (χ1n) is 6.15. The van der Waals surface area contributed by atoms with E-state index in [-0.39, 0.29) is 0 Å². The smallest absolute Gasteiger partial charge is 0.0700 e. The minimum Gasteiger partial charge on any atom is -0.377 e. The van der Waals surface area contributed by atoms with E-state index in [1.807, 2.05) is 0 Å². The van der Waals surface area contributed by atoms with Crippen LogP contribution in [-0.2, 0) is 4.74 Å². The predicted octanol–water partition coefficient (Wildman–Crippen LogP) is 2.33. The average Bonchev–Trinajstić information content (AvgIpc) is 2.56. The molecule has 2 heteroatoms. The first-order chi connectivity index (χ1) is 6.77. The predicted molar refractivity (Wildman–Crippen MR) is 58.4 cm³/mol. The second-order valence-corrected chi connectivity index (χ2v) is 5.01. The summed E-state index contributed by atoms with van der Waals surface area (Å²) >= 11 is 0. The van der Waals surface area contributed by atoms with Gasteiger partial charge in [-0.25, -0.2) is 0 Å². The van der Waals surface area contributed by atoms with Crippen LogP contribution >= 0.6 is 0 Å². The Hall–Kier alpha value is -0.0800. The molecule has 2 nitrogen and oxygen atoms in total. The van der Waals surface area contributed by atoms with Crippen molar-refractivity contribution in [3.8, 4) is 0 Å². The van der Waals surface area contributed by atoms with E-state index in [1.54, 1.807) is 0 Å². The van der Waals surface area contributed by atoms with Crippen LogP contribution in [0.25, 0.3) is 0 Å². The molecule has 1 aliphatic carbocycles. The molecule has 1 heterocycles. The largest absolute Gasteiger partial charge is 0.377 e. The fourth-order valence-corrected chi connectivity index (χ4v) is 2.79. The summed E-state index contributed by atoms with van der Waals surface area (Å²) in [5, 5.41) is 3.79. The molecule has 2 aliphatic rings. The monoisotopic (exact) mass is 197 g/mol. The zero-order valence-corrected chi connectivity index (χ0v) is 9.46. The molecule has 0 radical (unpaired) electrons. The van der Waals surface area contributed by atoms with Crippen LogP contribution in [0.4, 0.5) is 0 Å². The Balaban J connectivity index is 1.83. The Morgan fingerprint density at radius 3 is 2.43 bits per heavy atom. The first kappa shape index (κ1) is 10.4. The van der Waals surface area contributed by atoms with Crippen LogP contribution in [0, 0.1) is 5.92 Å². The molecule has 14 heavy (non-hydrogen) atoms. The molecular weight excluding hydrogens is 174 g/mol. The molecule has 0 aromatic rings. The van der Waals surface area contributed by atoms with Crippen LogP contribution in [0.2, 0.25) is 0 Å². The lowest BCUT2D eigenvalue weighted by Crippen LogP contribution is -2.46. The third-order valence-corrected chi connectivity index (χ3v) is 3.92. The summed E-state index contributed by atoms with van der Waals surface area (Å²) < 4.78 is 5.58. The van der Waals surface area contributed by atoms with Crippen molar-refractivity contribution < 1.29 is 4.74 Å². The summed E-state index contributed by atoms with van der Waals surface area (Å²) in [6.07, 6.45) is 7.22. The summed E-state index contributed by atoms with van der Waals surface area (Å²) in [5.41, 5.74) is 0. The Bertz CT molecular complexity index is 183. The molecule has 2 fully saturated rings. The van der Waals surface area contributed by atoms with Crippen molar-refractivity contribution in [2.75, 3.05) is 6.61 Å². The van der Waals surface area contributed by atoms with E-state index in [0.29, 0.717) is 12.1 Å². The van der Waals surface area contributed by atoms with Crippen LogP contribution in [0.15, 0.2) is 0 Å². The maximum atomic E-state index is 5.58. The highest BCUT2D eigenvalue weighted by atomic mass is 16.5. The van der Waals surface area contributed by atoms with E-state index in [1.165, 1.54) is 32.1 Å². The van der Waals surface area contributed by atoms with Gasteiger partial charge in [-0.05, 0) is 32.1 Å². The van der Waals surface area contributed by atoms with Gasteiger partial charge in [0, 0.05) is 18.7 Å². The number of rotatable bonds is 2. The maximum absolute atomic E-state index is 5.58. The lowest BCUT2D eigenvalue weighted by Gasteiger charge is -2.32. The van der Waals surface area contributed by atoms with Crippen molar-refractivity contribution in [2.24, 2.45) is 5.92 Å². The average molecular weight is 197 g/mol. The maximum Gasteiger partial charge on any atom is 0.0700 e. The highest BCUT2D eigenvalue weighted by Crippen LogP contribution is 2.25. The van der Waals surface area contributed by atoms with E-state index < -0.39 is 0 Å². The topological polar surface area (TPSA) is 21.3 Å². The molecule has 0 aromatic heterocycles. The summed E-state index contributed by atoms with van der Waals surface area (Å²) in [6, 6.07) is 1.36. The molecule has 4 atom stereocenters. The summed E-state index contributed by atoms with van der Waals surface area (Å²) in [5.74, 6) is 0.858. The molecule has 4 unspecified atom stereocenters. The summed E-state index contributed by atoms with van der Waals surface area (Å²) in [4.78, 5) is 0. The molecule has 2 rings (SSSR count). The van der Waals surface area contributed by atoms with Gasteiger partial charge in [0.15, 0.2) is 0 Å². The standard InChI is InChI=1S/C12H23NO/c1-9-5-3-4-6-11(9)13-12-7-8-14-10(12)2/h9-13H,3-8H2,1-2H3. The van der Waals surface area contributed by atoms with Gasteiger partial charge >= 0.3 is 0 Å². The van der Waals surface area contributed by atoms with Gasteiger partial charge in [-0.15, -0.1) is 0 Å². The third kappa shape index (κ3) is 2.29. The van der Waals surface area contributed by atoms with Crippen molar-refractivity contribution in [1.29, 1.82) is 0 Å². The van der Waals surface area contributed by atoms with Crippen LogP contribution in [-0.4, -0.2) is 24.8 Å². The molecular formula is C12H23NO. The highest BCUT2D eigenvalue weighted by Gasteiger charge is 2.29. The van der Waals surface area contributed by atoms with E-state index in [2.05, 4.69) is 19.2 Å². The second-order valence-electron chi connectivity index (χ2n) is 5.01. The fourth-order valence-electron chi connectivity index (χ4n) is 2.79. The Labute approximate surface area is 87.4 Å². The molecule has 0 bridgehead atoms. The van der Waals surface area contributed by atoms with Crippen LogP contribution < -0.4 is 5.32 Å². The van der Waals surface area contributed by atoms with E-state index >= 15 is 0 Å². The van der Waals surface area contributed by atoms with Gasteiger partial charge in [-0.1, -0.05) is 19.8 Å². The van der Waals surface area contributed by atoms with Gasteiger partial charge < -0.3 is 10.1 Å². The van der Waals surface area contributed by atoms with Gasteiger partial charge in [0.1, 0.15) is 0 Å². The van der Waals surface area contributed by atoms with Crippen molar-refractivity contribution >= 4 is 0 Å². The number of ether oxygens (including phenoxy) is 1. The summed E-state index contributed by atoms with van der Waals surface area (Å²) in [7, 11) is 0. The lowest BCUT2D eigenvalue weighted by atomic mass is 9.85. The van der Waals surface area contributed by atoms with Crippen molar-refractivity contribution in [2.45, 2.75) is 64.1 Å². The normalized spacial score (nSPS) is 44.1. The van der Waals surface area contributed by atoms with E-state index in [4.69, 9.17) is 4.74 Å². The molecule has 1 N–H and O–H groups in total. The quantitative estimate of drug-likeness (QED) is 0.733. The van der Waals surface area contributed by atoms with Crippen molar-refractivity contribution in [3.05, 3.63) is 0 Å². The van der Waals surface area contributed by atoms with Crippen molar-refractivity contribution in [1.82, 2.24) is 5.32 Å². The van der Waals surface area contributed by atoms with E-state index in [9.17, 15) is 0 Å². The number of hydrogen-bond acceptors (Lipinski definition) is 2. The molecule has 82 valence electrons. The zero-order valence-electron chi connectivity index (χ0n) is 9.46. The molecule has 1 saturated carbocycles. The van der Waals surface area contributed by atoms with E-state index in [0.717, 1.165) is 18.6 Å². The fraction of sp³-hybridized carbons (Fsp3) is 1.00. The Kier molecular flexibility index (Phi) is 3.45. The Morgan fingerprint density at radius 2 is 1.79 bits per heavy atom. The van der Waals surface area contributed by atoms with Gasteiger partial charge in [0.25, 0.3) is 0 Å².